The van der Waals surface area contributed by atoms with E-state index in [4.69, 9.17) is 17.0 Å². The second kappa shape index (κ2) is 9.18. The Morgan fingerprint density at radius 2 is 1.75 bits per heavy atom. The van der Waals surface area contributed by atoms with Gasteiger partial charge in [0, 0.05) is 7.05 Å². The number of thiocarbonyl (C=S) groups is 1. The highest BCUT2D eigenvalue weighted by Gasteiger charge is 2.37. The number of carbonyl (C=O) groups excluding carboxylic acids is 1. The predicted octanol–water partition coefficient (Wildman–Crippen LogP) is 4.68. The molecule has 4 rings (SSSR count). The Bertz CT molecular complexity index is 1260. The second-order valence-electron chi connectivity index (χ2n) is 7.34. The molecule has 8 heteroatoms. The summed E-state index contributed by atoms with van der Waals surface area (Å²) in [5.74, 6) is 0.496. The van der Waals surface area contributed by atoms with Crippen molar-refractivity contribution in [3.05, 3.63) is 81.1 Å². The number of hydrogen-bond donors (Lipinski definition) is 0. The van der Waals surface area contributed by atoms with E-state index in [0.717, 1.165) is 23.4 Å². The first-order valence-corrected chi connectivity index (χ1v) is 11.5. The summed E-state index contributed by atoms with van der Waals surface area (Å²) in [7, 11) is 1.79. The van der Waals surface area contributed by atoms with Crippen molar-refractivity contribution in [1.82, 2.24) is 9.36 Å². The molecular formula is C24H23N3O3S2. The van der Waals surface area contributed by atoms with Crippen LogP contribution in [0, 0.1) is 6.92 Å². The lowest BCUT2D eigenvalue weighted by molar-refractivity contribution is -0.113. The minimum atomic E-state index is -0.294. The Balaban J connectivity index is 1.67. The summed E-state index contributed by atoms with van der Waals surface area (Å²) >= 11 is 6.70. The molecule has 0 aliphatic carbocycles. The van der Waals surface area contributed by atoms with Crippen molar-refractivity contribution in [3.63, 3.8) is 0 Å². The van der Waals surface area contributed by atoms with Crippen molar-refractivity contribution < 1.29 is 9.53 Å². The summed E-state index contributed by atoms with van der Waals surface area (Å²) in [6, 6.07) is 16.9. The Kier molecular flexibility index (Phi) is 6.34. The predicted molar refractivity (Wildman–Crippen MR) is 134 cm³/mol. The largest absolute Gasteiger partial charge is 0.494 e. The lowest BCUT2D eigenvalue weighted by atomic mass is 10.2. The van der Waals surface area contributed by atoms with Crippen LogP contribution in [0.4, 0.5) is 5.69 Å². The fourth-order valence-electron chi connectivity index (χ4n) is 3.50. The molecule has 0 radical (unpaired) electrons. The molecule has 1 amide bonds. The fraction of sp³-hybridized carbons (Fsp3) is 0.208. The van der Waals surface area contributed by atoms with Crippen LogP contribution in [-0.4, -0.2) is 26.2 Å². The van der Waals surface area contributed by atoms with Crippen LogP contribution in [0.3, 0.4) is 0 Å². The summed E-state index contributed by atoms with van der Waals surface area (Å²) < 4.78 is 9.24. The lowest BCUT2D eigenvalue weighted by Gasteiger charge is -2.12. The van der Waals surface area contributed by atoms with Crippen molar-refractivity contribution >= 4 is 46.0 Å². The number of nitrogens with zero attached hydrogens (tertiary/aromatic N) is 3. The molecule has 0 N–H and O–H groups in total. The molecule has 164 valence electrons. The molecule has 6 nitrogen and oxygen atoms in total. The van der Waals surface area contributed by atoms with Crippen LogP contribution in [0.2, 0.25) is 0 Å². The van der Waals surface area contributed by atoms with Crippen molar-refractivity contribution in [3.8, 4) is 11.4 Å². The summed E-state index contributed by atoms with van der Waals surface area (Å²) in [6.07, 6.45) is 2.73. The van der Waals surface area contributed by atoms with Gasteiger partial charge in [0.1, 0.15) is 11.4 Å². The van der Waals surface area contributed by atoms with E-state index in [2.05, 4.69) is 6.92 Å². The number of aromatic nitrogens is 2. The van der Waals surface area contributed by atoms with Gasteiger partial charge in [-0.2, -0.15) is 0 Å². The van der Waals surface area contributed by atoms with Gasteiger partial charge in [-0.15, -0.1) is 0 Å². The summed E-state index contributed by atoms with van der Waals surface area (Å²) in [6.45, 7) is 4.53. The highest BCUT2D eigenvalue weighted by atomic mass is 32.2. The molecule has 0 bridgehead atoms. The van der Waals surface area contributed by atoms with Gasteiger partial charge in [-0.3, -0.25) is 19.2 Å². The Labute approximate surface area is 196 Å². The van der Waals surface area contributed by atoms with Crippen molar-refractivity contribution in [1.29, 1.82) is 0 Å². The third-order valence-corrected chi connectivity index (χ3v) is 6.49. The Morgan fingerprint density at radius 1 is 1.06 bits per heavy atom. The smallest absolute Gasteiger partial charge is 0.296 e. The van der Waals surface area contributed by atoms with Crippen LogP contribution in [0.25, 0.3) is 11.8 Å². The molecule has 1 aliphatic heterocycles. The third-order valence-electron chi connectivity index (χ3n) is 5.19. The van der Waals surface area contributed by atoms with Crippen LogP contribution < -0.4 is 15.2 Å². The van der Waals surface area contributed by atoms with E-state index in [1.807, 2.05) is 61.5 Å². The van der Waals surface area contributed by atoms with Crippen LogP contribution in [0.1, 0.15) is 24.6 Å². The molecule has 3 aromatic rings. The topological polar surface area (TPSA) is 56.5 Å². The van der Waals surface area contributed by atoms with Gasteiger partial charge in [0.15, 0.2) is 4.32 Å². The van der Waals surface area contributed by atoms with E-state index >= 15 is 0 Å². The van der Waals surface area contributed by atoms with E-state index in [1.54, 1.807) is 22.5 Å². The maximum absolute atomic E-state index is 13.3. The highest BCUT2D eigenvalue weighted by molar-refractivity contribution is 8.27. The zero-order chi connectivity index (χ0) is 22.8. The van der Waals surface area contributed by atoms with Gasteiger partial charge in [0.05, 0.1) is 22.9 Å². The number of ether oxygens (including phenoxy) is 1. The van der Waals surface area contributed by atoms with Gasteiger partial charge in [-0.25, -0.2) is 4.68 Å². The zero-order valence-corrected chi connectivity index (χ0v) is 19.7. The number of hydrogen-bond acceptors (Lipinski definition) is 5. The number of benzene rings is 2. The highest BCUT2D eigenvalue weighted by Crippen LogP contribution is 2.36. The molecule has 1 fully saturated rings. The van der Waals surface area contributed by atoms with Crippen LogP contribution in [0.5, 0.6) is 5.75 Å². The molecule has 2 aromatic carbocycles. The van der Waals surface area contributed by atoms with Crippen molar-refractivity contribution in [2.75, 3.05) is 11.5 Å². The molecule has 1 aromatic heterocycles. The molecule has 32 heavy (non-hydrogen) atoms. The quantitative estimate of drug-likeness (QED) is 0.391. The van der Waals surface area contributed by atoms with Gasteiger partial charge < -0.3 is 4.74 Å². The first-order valence-electron chi connectivity index (χ1n) is 10.3. The Morgan fingerprint density at radius 3 is 2.41 bits per heavy atom. The molecule has 2 heterocycles. The second-order valence-corrected chi connectivity index (χ2v) is 9.02. The molecule has 0 spiro atoms. The molecule has 0 saturated carbocycles. The van der Waals surface area contributed by atoms with E-state index in [-0.39, 0.29) is 17.2 Å². The van der Waals surface area contributed by atoms with Crippen LogP contribution in [-0.2, 0) is 11.8 Å². The minimum Gasteiger partial charge on any atom is -0.494 e. The maximum Gasteiger partial charge on any atom is 0.296 e. The molecule has 0 unspecified atom stereocenters. The normalized spacial score (nSPS) is 15.1. The minimum absolute atomic E-state index is 0.283. The first-order chi connectivity index (χ1) is 15.4. The van der Waals surface area contributed by atoms with Gasteiger partial charge >= 0.3 is 0 Å². The maximum atomic E-state index is 13.3. The first kappa shape index (κ1) is 22.1. The SMILES string of the molecule is CCCOc1ccc(/C=C2\SC(=S)N(c3c(C)n(C)n(-c4ccccc4)c3=O)C2=O)cc1. The number of anilines is 1. The zero-order valence-electron chi connectivity index (χ0n) is 18.1. The van der Waals surface area contributed by atoms with Gasteiger partial charge in [-0.05, 0) is 49.2 Å². The summed E-state index contributed by atoms with van der Waals surface area (Å²) in [4.78, 5) is 28.4. The van der Waals surface area contributed by atoms with Gasteiger partial charge in [0.2, 0.25) is 0 Å². The monoisotopic (exact) mass is 465 g/mol. The van der Waals surface area contributed by atoms with E-state index in [9.17, 15) is 9.59 Å². The standard InChI is InChI=1S/C24H23N3O3S2/c1-4-14-30-19-12-10-17(11-13-19)15-20-22(28)26(24(31)32-20)21-16(2)25(3)27(23(21)29)18-8-6-5-7-9-18/h5-13,15H,4,14H2,1-3H3/b20-15-. The number of amides is 1. The van der Waals surface area contributed by atoms with Crippen LogP contribution >= 0.6 is 24.0 Å². The molecule has 1 saturated heterocycles. The van der Waals surface area contributed by atoms with E-state index < -0.39 is 0 Å². The van der Waals surface area contributed by atoms with Crippen molar-refractivity contribution in [2.24, 2.45) is 7.05 Å². The van der Waals surface area contributed by atoms with Crippen LogP contribution in [0.15, 0.2) is 64.3 Å². The van der Waals surface area contributed by atoms with Crippen molar-refractivity contribution in [2.45, 2.75) is 20.3 Å². The molecule has 0 atom stereocenters. The summed E-state index contributed by atoms with van der Waals surface area (Å²) in [5, 5.41) is 0. The summed E-state index contributed by atoms with van der Waals surface area (Å²) in [5.41, 5.74) is 2.24. The lowest BCUT2D eigenvalue weighted by Crippen LogP contribution is -2.33. The number of thioether (sulfide) groups is 1. The van der Waals surface area contributed by atoms with Gasteiger partial charge in [0.25, 0.3) is 11.5 Å². The average molecular weight is 466 g/mol. The Hall–Kier alpha value is -3.10. The van der Waals surface area contributed by atoms with E-state index in [1.165, 1.54) is 16.7 Å². The average Bonchev–Trinajstić information content (AvgIpc) is 3.19. The number of rotatable bonds is 6. The number of para-hydroxylation sites is 1. The van der Waals surface area contributed by atoms with Gasteiger partial charge in [-0.1, -0.05) is 61.2 Å². The fourth-order valence-corrected chi connectivity index (χ4v) is 4.77. The molecular weight excluding hydrogens is 442 g/mol. The molecule has 1 aliphatic rings. The third kappa shape index (κ3) is 4.03. The number of carbonyl (C=O) groups is 1. The van der Waals surface area contributed by atoms with E-state index in [0.29, 0.717) is 21.5 Å².